The molecule has 3 nitrogen and oxygen atoms in total. The summed E-state index contributed by atoms with van der Waals surface area (Å²) in [5.41, 5.74) is 8.49. The molecule has 0 radical (unpaired) electrons. The number of nitrogens with two attached hydrogens (primary N) is 1. The number of fused-ring (bicyclic) bond motifs is 1. The molecule has 0 spiro atoms. The highest BCUT2D eigenvalue weighted by atomic mass is 19.2. The number of anilines is 1. The minimum absolute atomic E-state index is 0.00709. The Hall–Kier alpha value is -2.27. The molecular formula is C16H14F2N2O. The van der Waals surface area contributed by atoms with Crippen molar-refractivity contribution in [3.63, 3.8) is 0 Å². The average Bonchev–Trinajstić information content (AvgIpc) is 2.76. The molecule has 2 N–H and O–H groups in total. The van der Waals surface area contributed by atoms with Crippen molar-refractivity contribution in [2.24, 2.45) is 5.73 Å². The molecule has 5 heteroatoms. The third-order valence-electron chi connectivity index (χ3n) is 3.86. The highest BCUT2D eigenvalue weighted by Crippen LogP contribution is 2.32. The lowest BCUT2D eigenvalue weighted by atomic mass is 9.96. The fraction of sp³-hybridized carbons (Fsp3) is 0.188. The lowest BCUT2D eigenvalue weighted by Crippen LogP contribution is -2.20. The quantitative estimate of drug-likeness (QED) is 0.923. The zero-order valence-electron chi connectivity index (χ0n) is 11.4. The molecule has 0 bridgehead atoms. The van der Waals surface area contributed by atoms with Gasteiger partial charge in [-0.2, -0.15) is 0 Å². The Bertz CT molecular complexity index is 730. The number of halogens is 2. The fourth-order valence-corrected chi connectivity index (χ4v) is 2.62. The molecule has 1 amide bonds. The molecule has 0 fully saturated rings. The second-order valence-electron chi connectivity index (χ2n) is 5.14. The lowest BCUT2D eigenvalue weighted by Gasteiger charge is -2.16. The van der Waals surface area contributed by atoms with E-state index in [0.29, 0.717) is 12.0 Å². The summed E-state index contributed by atoms with van der Waals surface area (Å²) >= 11 is 0. The first kappa shape index (κ1) is 13.7. The second kappa shape index (κ2) is 4.93. The minimum atomic E-state index is -0.932. The van der Waals surface area contributed by atoms with E-state index in [1.807, 2.05) is 0 Å². The summed E-state index contributed by atoms with van der Waals surface area (Å²) in [4.78, 5) is 13.2. The normalized spacial score (nSPS) is 15.2. The first-order chi connectivity index (χ1) is 9.99. The topological polar surface area (TPSA) is 46.3 Å². The van der Waals surface area contributed by atoms with Crippen molar-refractivity contribution >= 4 is 11.6 Å². The van der Waals surface area contributed by atoms with Crippen LogP contribution in [-0.2, 0) is 11.2 Å². The number of amides is 1. The van der Waals surface area contributed by atoms with E-state index in [9.17, 15) is 13.6 Å². The minimum Gasteiger partial charge on any atom is -0.320 e. The van der Waals surface area contributed by atoms with Crippen molar-refractivity contribution in [1.29, 1.82) is 0 Å². The van der Waals surface area contributed by atoms with Gasteiger partial charge in [-0.05, 0) is 23.3 Å². The maximum absolute atomic E-state index is 13.8. The van der Waals surface area contributed by atoms with Crippen molar-refractivity contribution in [1.82, 2.24) is 0 Å². The van der Waals surface area contributed by atoms with Crippen molar-refractivity contribution in [3.8, 4) is 0 Å². The van der Waals surface area contributed by atoms with Crippen LogP contribution >= 0.6 is 0 Å². The molecule has 1 aliphatic rings. The highest BCUT2D eigenvalue weighted by molar-refractivity contribution is 6.00. The number of nitrogens with zero attached hydrogens (tertiary/aromatic N) is 1. The molecule has 1 unspecified atom stereocenters. The standard InChI is InChI=1S/C16H14F2N2O/c1-20-13-6-5-9(7-10(13)8-14(20)21)16(19)11-3-2-4-12(17)15(11)18/h2-7,16H,8,19H2,1H3. The summed E-state index contributed by atoms with van der Waals surface area (Å²) in [7, 11) is 1.71. The van der Waals surface area contributed by atoms with Gasteiger partial charge in [-0.3, -0.25) is 4.79 Å². The van der Waals surface area contributed by atoms with E-state index >= 15 is 0 Å². The summed E-state index contributed by atoms with van der Waals surface area (Å²) in [6.07, 6.45) is 0.304. The second-order valence-corrected chi connectivity index (χ2v) is 5.14. The zero-order valence-corrected chi connectivity index (χ0v) is 11.4. The maximum atomic E-state index is 13.8. The van der Waals surface area contributed by atoms with Crippen LogP contribution in [0.3, 0.4) is 0 Å². The SMILES string of the molecule is CN1C(=O)Cc2cc(C(N)c3cccc(F)c3F)ccc21. The number of benzene rings is 2. The van der Waals surface area contributed by atoms with E-state index in [1.54, 1.807) is 30.1 Å². The zero-order chi connectivity index (χ0) is 15.1. The molecule has 0 saturated heterocycles. The maximum Gasteiger partial charge on any atom is 0.231 e. The van der Waals surface area contributed by atoms with Crippen molar-refractivity contribution in [2.45, 2.75) is 12.5 Å². The molecule has 2 aromatic rings. The predicted octanol–water partition coefficient (Wildman–Crippen LogP) is 2.53. The largest absolute Gasteiger partial charge is 0.320 e. The van der Waals surface area contributed by atoms with Gasteiger partial charge in [0.1, 0.15) is 0 Å². The van der Waals surface area contributed by atoms with Crippen LogP contribution in [0.15, 0.2) is 36.4 Å². The number of likely N-dealkylation sites (N-methyl/N-ethyl adjacent to an activating group) is 1. The molecule has 0 aliphatic carbocycles. The third-order valence-corrected chi connectivity index (χ3v) is 3.86. The summed E-state index contributed by atoms with van der Waals surface area (Å²) in [5, 5.41) is 0. The Labute approximate surface area is 121 Å². The average molecular weight is 288 g/mol. The van der Waals surface area contributed by atoms with Crippen LogP contribution in [0, 0.1) is 11.6 Å². The molecule has 2 aromatic carbocycles. The van der Waals surface area contributed by atoms with Crippen LogP contribution in [0.25, 0.3) is 0 Å². The predicted molar refractivity (Wildman–Crippen MR) is 75.9 cm³/mol. The van der Waals surface area contributed by atoms with E-state index in [0.717, 1.165) is 17.3 Å². The van der Waals surface area contributed by atoms with Gasteiger partial charge >= 0.3 is 0 Å². The monoisotopic (exact) mass is 288 g/mol. The van der Waals surface area contributed by atoms with Gasteiger partial charge in [0.2, 0.25) is 5.91 Å². The molecule has 3 rings (SSSR count). The van der Waals surface area contributed by atoms with Gasteiger partial charge in [0.25, 0.3) is 0 Å². The van der Waals surface area contributed by atoms with Gasteiger partial charge in [0.05, 0.1) is 12.5 Å². The van der Waals surface area contributed by atoms with Crippen molar-refractivity contribution in [3.05, 3.63) is 64.7 Å². The fourth-order valence-electron chi connectivity index (χ4n) is 2.62. The molecule has 0 aromatic heterocycles. The summed E-state index contributed by atoms with van der Waals surface area (Å²) < 4.78 is 27.1. The van der Waals surface area contributed by atoms with Gasteiger partial charge in [0, 0.05) is 18.3 Å². The van der Waals surface area contributed by atoms with Crippen molar-refractivity contribution < 1.29 is 13.6 Å². The van der Waals surface area contributed by atoms with Gasteiger partial charge in [-0.15, -0.1) is 0 Å². The summed E-state index contributed by atoms with van der Waals surface area (Å²) in [5.74, 6) is -1.84. The van der Waals surface area contributed by atoms with E-state index in [2.05, 4.69) is 0 Å². The van der Waals surface area contributed by atoms with Crippen LogP contribution in [0.5, 0.6) is 0 Å². The van der Waals surface area contributed by atoms with Crippen LogP contribution < -0.4 is 10.6 Å². The first-order valence-electron chi connectivity index (χ1n) is 6.58. The van der Waals surface area contributed by atoms with Crippen LogP contribution in [-0.4, -0.2) is 13.0 Å². The first-order valence-corrected chi connectivity index (χ1v) is 6.58. The molecule has 21 heavy (non-hydrogen) atoms. The van der Waals surface area contributed by atoms with Crippen LogP contribution in [0.2, 0.25) is 0 Å². The summed E-state index contributed by atoms with van der Waals surface area (Å²) in [6, 6.07) is 8.49. The third kappa shape index (κ3) is 2.19. The molecule has 1 atom stereocenters. The Kier molecular flexibility index (Phi) is 3.22. The Morgan fingerprint density at radius 1 is 1.24 bits per heavy atom. The smallest absolute Gasteiger partial charge is 0.231 e. The van der Waals surface area contributed by atoms with Gasteiger partial charge in [-0.25, -0.2) is 8.78 Å². The molecule has 108 valence electrons. The number of hydrogen-bond acceptors (Lipinski definition) is 2. The Morgan fingerprint density at radius 2 is 2.00 bits per heavy atom. The molecule has 0 saturated carbocycles. The number of carbonyl (C=O) groups is 1. The Balaban J connectivity index is 2.00. The van der Waals surface area contributed by atoms with E-state index in [4.69, 9.17) is 5.73 Å². The van der Waals surface area contributed by atoms with Gasteiger partial charge in [-0.1, -0.05) is 24.3 Å². The number of rotatable bonds is 2. The number of hydrogen-bond donors (Lipinski definition) is 1. The van der Waals surface area contributed by atoms with Gasteiger partial charge < -0.3 is 10.6 Å². The van der Waals surface area contributed by atoms with E-state index < -0.39 is 17.7 Å². The van der Waals surface area contributed by atoms with E-state index in [1.165, 1.54) is 12.1 Å². The molecular weight excluding hydrogens is 274 g/mol. The lowest BCUT2D eigenvalue weighted by molar-refractivity contribution is -0.117. The highest BCUT2D eigenvalue weighted by Gasteiger charge is 2.25. The van der Waals surface area contributed by atoms with Gasteiger partial charge in [0.15, 0.2) is 11.6 Å². The number of carbonyl (C=O) groups excluding carboxylic acids is 1. The van der Waals surface area contributed by atoms with Crippen LogP contribution in [0.1, 0.15) is 22.7 Å². The van der Waals surface area contributed by atoms with E-state index in [-0.39, 0.29) is 11.5 Å². The molecule has 1 aliphatic heterocycles. The molecule has 1 heterocycles. The summed E-state index contributed by atoms with van der Waals surface area (Å²) in [6.45, 7) is 0. The van der Waals surface area contributed by atoms with Crippen LogP contribution in [0.4, 0.5) is 14.5 Å². The Morgan fingerprint density at radius 3 is 2.76 bits per heavy atom. The van der Waals surface area contributed by atoms with Crippen molar-refractivity contribution in [2.75, 3.05) is 11.9 Å².